The molecule has 374 valence electrons. The maximum Gasteiger partial charge on any atom is 0.472 e. The summed E-state index contributed by atoms with van der Waals surface area (Å²) >= 11 is 0. The average Bonchev–Trinajstić information content (AvgIpc) is 3.28. The highest BCUT2D eigenvalue weighted by atomic mass is 31.2. The fourth-order valence-corrected chi connectivity index (χ4v) is 7.81. The van der Waals surface area contributed by atoms with Crippen LogP contribution >= 0.6 is 7.82 Å². The first-order chi connectivity index (χ1) is 31.2. The van der Waals surface area contributed by atoms with Gasteiger partial charge in [0.1, 0.15) is 12.7 Å². The summed E-state index contributed by atoms with van der Waals surface area (Å²) < 4.78 is 39.3. The van der Waals surface area contributed by atoms with E-state index in [4.69, 9.17) is 23.3 Å². The van der Waals surface area contributed by atoms with E-state index in [9.17, 15) is 28.9 Å². The predicted octanol–water partition coefficient (Wildman–Crippen LogP) is 14.5. The molecule has 0 saturated heterocycles. The van der Waals surface area contributed by atoms with Gasteiger partial charge in [-0.2, -0.15) is 0 Å². The van der Waals surface area contributed by atoms with Crippen molar-refractivity contribution < 1.29 is 52.2 Å². The summed E-state index contributed by atoms with van der Waals surface area (Å²) in [6.07, 6.45) is 45.4. The van der Waals surface area contributed by atoms with Crippen molar-refractivity contribution in [1.82, 2.24) is 0 Å². The lowest BCUT2D eigenvalue weighted by molar-refractivity contribution is -0.161. The van der Waals surface area contributed by atoms with Crippen molar-refractivity contribution in [2.24, 2.45) is 0 Å². The Kier molecular flexibility index (Phi) is 45.5. The molecule has 0 rings (SSSR count). The molecule has 0 heterocycles. The van der Waals surface area contributed by atoms with Crippen molar-refractivity contribution in [3.63, 3.8) is 0 Å². The molecule has 3 atom stereocenters. The number of phosphoric ester groups is 1. The van der Waals surface area contributed by atoms with Gasteiger partial charge in [-0.3, -0.25) is 23.4 Å². The monoisotopic (exact) mass is 927 g/mol. The molecule has 0 aromatic carbocycles. The Morgan fingerprint density at radius 1 is 0.438 bits per heavy atom. The Hall–Kier alpha value is -2.30. The van der Waals surface area contributed by atoms with E-state index in [0.717, 1.165) is 109 Å². The molecule has 11 nitrogen and oxygen atoms in total. The maximum atomic E-state index is 12.8. The number of phosphoric acid groups is 1. The molecular formula is C52H95O11P. The molecule has 0 saturated carbocycles. The standard InChI is InChI=1S/C52H95O11P/c1-4-7-10-13-16-19-22-24-27-29-32-35-38-41-50(54)59-45-49(63-52(56)43-40-37-34-31-28-25-23-20-17-14-11-8-5-2)47-61-64(57,58)60-46-48(44-53)62-51(55)42-39-36-33-30-26-21-18-15-12-9-6-3/h11,14-15,18,20,23,48-49,53H,4-10,12-13,16-17,19,21-22,24-47H2,1-3H3,(H,57,58)/b14-11-,18-15-,23-20-. The van der Waals surface area contributed by atoms with Gasteiger partial charge >= 0.3 is 25.7 Å². The van der Waals surface area contributed by atoms with Gasteiger partial charge in [-0.25, -0.2) is 4.57 Å². The topological polar surface area (TPSA) is 155 Å². The second-order valence-electron chi connectivity index (χ2n) is 17.3. The number of allylic oxidation sites excluding steroid dienone is 6. The van der Waals surface area contributed by atoms with Crippen LogP contribution in [0.3, 0.4) is 0 Å². The average molecular weight is 927 g/mol. The second-order valence-corrected chi connectivity index (χ2v) is 18.8. The molecule has 0 fully saturated rings. The smallest absolute Gasteiger partial charge is 0.462 e. The van der Waals surface area contributed by atoms with Gasteiger partial charge in [0, 0.05) is 19.3 Å². The summed E-state index contributed by atoms with van der Waals surface area (Å²) in [5.41, 5.74) is 0. The first-order valence-corrected chi connectivity index (χ1v) is 27.4. The van der Waals surface area contributed by atoms with Crippen molar-refractivity contribution in [2.45, 2.75) is 251 Å². The lowest BCUT2D eigenvalue weighted by Crippen LogP contribution is -2.30. The third kappa shape index (κ3) is 44.9. The number of rotatable bonds is 48. The van der Waals surface area contributed by atoms with E-state index >= 15 is 0 Å². The number of aliphatic hydroxyl groups is 1. The zero-order valence-electron chi connectivity index (χ0n) is 41.0. The largest absolute Gasteiger partial charge is 0.472 e. The van der Waals surface area contributed by atoms with Crippen LogP contribution in [0, 0.1) is 0 Å². The van der Waals surface area contributed by atoms with Crippen molar-refractivity contribution >= 4 is 25.7 Å². The van der Waals surface area contributed by atoms with Crippen molar-refractivity contribution in [1.29, 1.82) is 0 Å². The first-order valence-electron chi connectivity index (χ1n) is 25.9. The molecular weight excluding hydrogens is 832 g/mol. The van der Waals surface area contributed by atoms with Crippen LogP contribution in [0.1, 0.15) is 239 Å². The van der Waals surface area contributed by atoms with E-state index in [1.54, 1.807) is 0 Å². The zero-order valence-corrected chi connectivity index (χ0v) is 41.9. The summed E-state index contributed by atoms with van der Waals surface area (Å²) in [7, 11) is -4.74. The summed E-state index contributed by atoms with van der Waals surface area (Å²) in [5.74, 6) is -1.48. The Bertz CT molecular complexity index is 1220. The molecule has 0 aliphatic carbocycles. The normalized spacial score (nSPS) is 13.8. The van der Waals surface area contributed by atoms with Gasteiger partial charge in [0.05, 0.1) is 19.8 Å². The second kappa shape index (κ2) is 47.2. The fourth-order valence-electron chi connectivity index (χ4n) is 7.02. The summed E-state index contributed by atoms with van der Waals surface area (Å²) in [5, 5.41) is 9.75. The highest BCUT2D eigenvalue weighted by Crippen LogP contribution is 2.43. The van der Waals surface area contributed by atoms with Gasteiger partial charge in [0.25, 0.3) is 0 Å². The van der Waals surface area contributed by atoms with Crippen LogP contribution in [0.5, 0.6) is 0 Å². The molecule has 0 spiro atoms. The third-order valence-corrected chi connectivity index (χ3v) is 12.0. The number of aliphatic hydroxyl groups excluding tert-OH is 1. The molecule has 3 unspecified atom stereocenters. The minimum absolute atomic E-state index is 0.154. The number of hydrogen-bond acceptors (Lipinski definition) is 10. The number of esters is 3. The molecule has 12 heteroatoms. The SMILES string of the molecule is CCC/C=C\C/C=C\CCCCCCCC(=O)OC(COC(=O)CCCCCCCCCCCCCCC)COP(=O)(O)OCC(CO)OC(=O)CCCCCCC/C=C\CCCC. The van der Waals surface area contributed by atoms with E-state index in [0.29, 0.717) is 19.3 Å². The van der Waals surface area contributed by atoms with Crippen molar-refractivity contribution in [3.8, 4) is 0 Å². The number of unbranched alkanes of at least 4 members (excludes halogenated alkanes) is 25. The molecule has 0 aromatic rings. The zero-order chi connectivity index (χ0) is 47.0. The van der Waals surface area contributed by atoms with Crippen LogP contribution in [0.4, 0.5) is 0 Å². The lowest BCUT2D eigenvalue weighted by Gasteiger charge is -2.21. The Morgan fingerprint density at radius 2 is 0.812 bits per heavy atom. The van der Waals surface area contributed by atoms with Crippen LogP contribution in [0.2, 0.25) is 0 Å². The lowest BCUT2D eigenvalue weighted by atomic mass is 10.0. The van der Waals surface area contributed by atoms with Gasteiger partial charge < -0.3 is 24.2 Å². The number of ether oxygens (including phenoxy) is 3. The van der Waals surface area contributed by atoms with E-state index in [-0.39, 0.29) is 25.9 Å². The molecule has 64 heavy (non-hydrogen) atoms. The number of hydrogen-bond donors (Lipinski definition) is 2. The van der Waals surface area contributed by atoms with Crippen LogP contribution in [-0.4, -0.2) is 66.5 Å². The predicted molar refractivity (Wildman–Crippen MR) is 261 cm³/mol. The Balaban J connectivity index is 4.75. The Labute approximate surface area is 390 Å². The molecule has 0 radical (unpaired) electrons. The van der Waals surface area contributed by atoms with Crippen LogP contribution in [0.15, 0.2) is 36.5 Å². The number of carbonyl (C=O) groups is 3. The molecule has 0 amide bonds. The summed E-state index contributed by atoms with van der Waals surface area (Å²) in [6.45, 7) is 4.51. The minimum atomic E-state index is -4.74. The van der Waals surface area contributed by atoms with Crippen LogP contribution in [0.25, 0.3) is 0 Å². The summed E-state index contributed by atoms with van der Waals surface area (Å²) in [4.78, 5) is 48.2. The first kappa shape index (κ1) is 61.7. The van der Waals surface area contributed by atoms with E-state index < -0.39 is 57.8 Å². The van der Waals surface area contributed by atoms with Crippen LogP contribution < -0.4 is 0 Å². The van der Waals surface area contributed by atoms with E-state index in [1.165, 1.54) is 70.6 Å². The molecule has 0 bridgehead atoms. The quantitative estimate of drug-likeness (QED) is 0.0197. The van der Waals surface area contributed by atoms with Crippen LogP contribution in [-0.2, 0) is 42.2 Å². The van der Waals surface area contributed by atoms with Gasteiger partial charge in [-0.05, 0) is 64.2 Å². The Morgan fingerprint density at radius 3 is 1.28 bits per heavy atom. The van der Waals surface area contributed by atoms with Gasteiger partial charge in [-0.1, -0.05) is 192 Å². The van der Waals surface area contributed by atoms with Gasteiger partial charge in [-0.15, -0.1) is 0 Å². The highest BCUT2D eigenvalue weighted by Gasteiger charge is 2.28. The fraction of sp³-hybridized carbons (Fsp3) is 0.827. The molecule has 2 N–H and O–H groups in total. The maximum absolute atomic E-state index is 12.8. The molecule has 0 aromatic heterocycles. The molecule has 0 aliphatic heterocycles. The van der Waals surface area contributed by atoms with Crippen molar-refractivity contribution in [2.75, 3.05) is 26.4 Å². The minimum Gasteiger partial charge on any atom is -0.462 e. The van der Waals surface area contributed by atoms with Gasteiger partial charge in [0.2, 0.25) is 0 Å². The third-order valence-electron chi connectivity index (χ3n) is 11.0. The van der Waals surface area contributed by atoms with Crippen molar-refractivity contribution in [3.05, 3.63) is 36.5 Å². The molecule has 0 aliphatic rings. The summed E-state index contributed by atoms with van der Waals surface area (Å²) in [6, 6.07) is 0. The van der Waals surface area contributed by atoms with Gasteiger partial charge in [0.15, 0.2) is 6.10 Å². The number of carbonyl (C=O) groups excluding carboxylic acids is 3. The van der Waals surface area contributed by atoms with E-state index in [1.807, 2.05) is 0 Å². The highest BCUT2D eigenvalue weighted by molar-refractivity contribution is 7.47. The van der Waals surface area contributed by atoms with E-state index in [2.05, 4.69) is 57.2 Å².